The first-order valence-electron chi connectivity index (χ1n) is 6.05. The molecule has 0 radical (unpaired) electrons. The van der Waals surface area contributed by atoms with Crippen molar-refractivity contribution in [1.29, 1.82) is 0 Å². The van der Waals surface area contributed by atoms with Crippen molar-refractivity contribution in [2.75, 3.05) is 12.0 Å². The normalized spacial score (nSPS) is 21.6. The minimum Gasteiger partial charge on any atom is -0.463 e. The molecule has 1 aromatic rings. The van der Waals surface area contributed by atoms with Crippen LogP contribution >= 0.6 is 0 Å². The number of anilines is 1. The zero-order valence-electron chi connectivity index (χ0n) is 11.1. The van der Waals surface area contributed by atoms with Crippen LogP contribution < -0.4 is 5.43 Å². The summed E-state index contributed by atoms with van der Waals surface area (Å²) in [6, 6.07) is 8.59. The third-order valence-corrected chi connectivity index (χ3v) is 2.76. The van der Waals surface area contributed by atoms with Gasteiger partial charge in [0, 0.05) is 0 Å². The summed E-state index contributed by atoms with van der Waals surface area (Å²) in [5.74, 6) is -1.71. The molecule has 106 valence electrons. The van der Waals surface area contributed by atoms with Gasteiger partial charge in [-0.3, -0.25) is 10.2 Å². The predicted octanol–water partition coefficient (Wildman–Crippen LogP) is 1.31. The second-order valence-electron chi connectivity index (χ2n) is 4.24. The molecular weight excluding hydrogens is 264 g/mol. The van der Waals surface area contributed by atoms with Gasteiger partial charge < -0.3 is 9.47 Å². The number of hydrogen-bond donors (Lipinski definition) is 1. The molecule has 0 bridgehead atoms. The molecule has 7 nitrogen and oxygen atoms in total. The van der Waals surface area contributed by atoms with Gasteiger partial charge in [0.2, 0.25) is 0 Å². The Morgan fingerprint density at radius 3 is 2.60 bits per heavy atom. The SMILES string of the molecule is CCOC(=O)C1(C)OC(=O)N(Nc2ccccc2)C1=O. The highest BCUT2D eigenvalue weighted by molar-refractivity contribution is 6.15. The zero-order valence-corrected chi connectivity index (χ0v) is 11.1. The maximum atomic E-state index is 12.2. The van der Waals surface area contributed by atoms with E-state index in [0.717, 1.165) is 0 Å². The number of nitrogens with zero attached hydrogens (tertiary/aromatic N) is 1. The number of imide groups is 1. The average molecular weight is 278 g/mol. The van der Waals surface area contributed by atoms with Crippen molar-refractivity contribution in [3.05, 3.63) is 30.3 Å². The van der Waals surface area contributed by atoms with Crippen molar-refractivity contribution in [3.63, 3.8) is 0 Å². The zero-order chi connectivity index (χ0) is 14.8. The van der Waals surface area contributed by atoms with Crippen LogP contribution in [0.2, 0.25) is 0 Å². The number of hydrogen-bond acceptors (Lipinski definition) is 6. The summed E-state index contributed by atoms with van der Waals surface area (Å²) in [6.45, 7) is 2.89. The van der Waals surface area contributed by atoms with E-state index in [0.29, 0.717) is 10.7 Å². The van der Waals surface area contributed by atoms with Crippen LogP contribution in [0.3, 0.4) is 0 Å². The Balaban J connectivity index is 2.19. The number of carbonyl (C=O) groups excluding carboxylic acids is 3. The van der Waals surface area contributed by atoms with Gasteiger partial charge in [0.05, 0.1) is 12.3 Å². The number of nitrogens with one attached hydrogen (secondary N) is 1. The minimum atomic E-state index is -1.95. The summed E-state index contributed by atoms with van der Waals surface area (Å²) in [6.07, 6.45) is -0.950. The highest BCUT2D eigenvalue weighted by atomic mass is 16.6. The molecule has 0 aliphatic carbocycles. The van der Waals surface area contributed by atoms with Crippen molar-refractivity contribution in [2.45, 2.75) is 19.4 Å². The molecule has 0 saturated carbocycles. The van der Waals surface area contributed by atoms with Crippen molar-refractivity contribution >= 4 is 23.7 Å². The van der Waals surface area contributed by atoms with Crippen LogP contribution in [0.1, 0.15) is 13.8 Å². The smallest absolute Gasteiger partial charge is 0.437 e. The van der Waals surface area contributed by atoms with E-state index in [1.165, 1.54) is 6.92 Å². The van der Waals surface area contributed by atoms with E-state index in [-0.39, 0.29) is 6.61 Å². The van der Waals surface area contributed by atoms with Gasteiger partial charge >= 0.3 is 18.0 Å². The third kappa shape index (κ3) is 2.29. The van der Waals surface area contributed by atoms with E-state index in [4.69, 9.17) is 9.47 Å². The van der Waals surface area contributed by atoms with E-state index in [1.807, 2.05) is 0 Å². The summed E-state index contributed by atoms with van der Waals surface area (Å²) in [5.41, 5.74) is 1.16. The van der Waals surface area contributed by atoms with Crippen LogP contribution in [0.15, 0.2) is 30.3 Å². The van der Waals surface area contributed by atoms with Crippen LogP contribution in [-0.2, 0) is 19.1 Å². The molecule has 0 spiro atoms. The van der Waals surface area contributed by atoms with E-state index >= 15 is 0 Å². The Labute approximate surface area is 115 Å². The first-order valence-corrected chi connectivity index (χ1v) is 6.05. The third-order valence-electron chi connectivity index (χ3n) is 2.76. The van der Waals surface area contributed by atoms with Crippen LogP contribution in [0.5, 0.6) is 0 Å². The fourth-order valence-corrected chi connectivity index (χ4v) is 1.70. The summed E-state index contributed by atoms with van der Waals surface area (Å²) in [5, 5.41) is 0.659. The molecule has 1 aliphatic rings. The Morgan fingerprint density at radius 1 is 1.35 bits per heavy atom. The van der Waals surface area contributed by atoms with Gasteiger partial charge in [-0.05, 0) is 26.0 Å². The molecule has 2 amide bonds. The van der Waals surface area contributed by atoms with Crippen molar-refractivity contribution in [3.8, 4) is 0 Å². The molecule has 20 heavy (non-hydrogen) atoms. The van der Waals surface area contributed by atoms with E-state index in [9.17, 15) is 14.4 Å². The van der Waals surface area contributed by atoms with Crippen LogP contribution in [-0.4, -0.2) is 35.2 Å². The lowest BCUT2D eigenvalue weighted by Gasteiger charge is -2.18. The number of esters is 1. The molecule has 1 aromatic carbocycles. The number of amides is 2. The van der Waals surface area contributed by atoms with Gasteiger partial charge in [0.15, 0.2) is 0 Å². The van der Waals surface area contributed by atoms with E-state index in [1.54, 1.807) is 37.3 Å². The van der Waals surface area contributed by atoms with Crippen LogP contribution in [0.25, 0.3) is 0 Å². The first kappa shape index (κ1) is 13.9. The molecule has 1 atom stereocenters. The molecule has 1 saturated heterocycles. The fraction of sp³-hybridized carbons (Fsp3) is 0.308. The quantitative estimate of drug-likeness (QED) is 0.660. The summed E-state index contributed by atoms with van der Waals surface area (Å²) in [7, 11) is 0. The minimum absolute atomic E-state index is 0.0887. The lowest BCUT2D eigenvalue weighted by molar-refractivity contribution is -0.165. The van der Waals surface area contributed by atoms with Gasteiger partial charge in [-0.25, -0.2) is 9.59 Å². The number of hydrazine groups is 1. The number of ether oxygens (including phenoxy) is 2. The first-order chi connectivity index (χ1) is 9.49. The second-order valence-corrected chi connectivity index (χ2v) is 4.24. The molecule has 1 aliphatic heterocycles. The molecule has 1 fully saturated rings. The maximum absolute atomic E-state index is 12.2. The molecule has 7 heteroatoms. The standard InChI is InChI=1S/C13H14N2O5/c1-3-19-11(17)13(2)10(16)15(12(18)20-13)14-9-7-5-4-6-8-9/h4-8,14H,3H2,1-2H3. The van der Waals surface area contributed by atoms with Gasteiger partial charge in [-0.15, -0.1) is 5.01 Å². The Hall–Kier alpha value is -2.57. The lowest BCUT2D eigenvalue weighted by atomic mass is 10.1. The van der Waals surface area contributed by atoms with Gasteiger partial charge in [0.25, 0.3) is 5.60 Å². The van der Waals surface area contributed by atoms with E-state index in [2.05, 4.69) is 5.43 Å². The van der Waals surface area contributed by atoms with Gasteiger partial charge in [-0.2, -0.15) is 0 Å². The fourth-order valence-electron chi connectivity index (χ4n) is 1.70. The topological polar surface area (TPSA) is 84.9 Å². The number of rotatable bonds is 4. The number of carbonyl (C=O) groups is 3. The van der Waals surface area contributed by atoms with Crippen molar-refractivity contribution in [1.82, 2.24) is 5.01 Å². The van der Waals surface area contributed by atoms with Gasteiger partial charge in [0.1, 0.15) is 0 Å². The van der Waals surface area contributed by atoms with Gasteiger partial charge in [-0.1, -0.05) is 18.2 Å². The lowest BCUT2D eigenvalue weighted by Crippen LogP contribution is -2.47. The summed E-state index contributed by atoms with van der Waals surface area (Å²) < 4.78 is 9.62. The summed E-state index contributed by atoms with van der Waals surface area (Å²) >= 11 is 0. The van der Waals surface area contributed by atoms with Crippen LogP contribution in [0, 0.1) is 0 Å². The Bertz CT molecular complexity index is 545. The van der Waals surface area contributed by atoms with Crippen LogP contribution in [0.4, 0.5) is 10.5 Å². The molecule has 1 N–H and O–H groups in total. The maximum Gasteiger partial charge on any atom is 0.437 e. The average Bonchev–Trinajstić information content (AvgIpc) is 2.65. The highest BCUT2D eigenvalue weighted by Gasteiger charge is 2.57. The number of benzene rings is 1. The van der Waals surface area contributed by atoms with E-state index < -0.39 is 23.6 Å². The second kappa shape index (κ2) is 5.20. The highest BCUT2D eigenvalue weighted by Crippen LogP contribution is 2.26. The molecule has 1 unspecified atom stereocenters. The molecule has 2 rings (SSSR count). The monoisotopic (exact) mass is 278 g/mol. The Morgan fingerprint density at radius 2 is 2.00 bits per heavy atom. The molecular formula is C13H14N2O5. The predicted molar refractivity (Wildman–Crippen MR) is 68.4 cm³/mol. The summed E-state index contributed by atoms with van der Waals surface area (Å²) in [4.78, 5) is 35.6. The largest absolute Gasteiger partial charge is 0.463 e. The number of cyclic esters (lactones) is 1. The number of para-hydroxylation sites is 1. The van der Waals surface area contributed by atoms with Crippen molar-refractivity contribution in [2.24, 2.45) is 0 Å². The Kier molecular flexibility index (Phi) is 3.60. The van der Waals surface area contributed by atoms with Crippen molar-refractivity contribution < 1.29 is 23.9 Å². The molecule has 1 heterocycles. The molecule has 0 aromatic heterocycles.